The number of hydrogen-bond acceptors (Lipinski definition) is 2. The van der Waals surface area contributed by atoms with E-state index in [4.69, 9.17) is 23.8 Å². The van der Waals surface area contributed by atoms with Crippen LogP contribution < -0.4 is 10.6 Å². The lowest BCUT2D eigenvalue weighted by atomic mass is 10.2. The number of nitrogens with zero attached hydrogens (tertiary/aromatic N) is 1. The molecule has 0 unspecified atom stereocenters. The standard InChI is InChI=1S/C19H20ClN3OS/c1-13-4-7-15(20)12-17(13)22-19(25)21-16-8-5-14(6-9-16)18(24)23-10-2-3-11-23/h4-9,12H,2-3,10-11H2,1H3,(H2,21,22,25). The van der Waals surface area contributed by atoms with Crippen LogP contribution in [0.2, 0.25) is 5.02 Å². The molecule has 0 saturated carbocycles. The molecule has 0 aliphatic carbocycles. The molecule has 1 aliphatic heterocycles. The number of thiocarbonyl (C=S) groups is 1. The van der Waals surface area contributed by atoms with Crippen LogP contribution in [-0.4, -0.2) is 29.0 Å². The van der Waals surface area contributed by atoms with Crippen LogP contribution in [0.4, 0.5) is 11.4 Å². The molecule has 4 nitrogen and oxygen atoms in total. The monoisotopic (exact) mass is 373 g/mol. The minimum Gasteiger partial charge on any atom is -0.339 e. The van der Waals surface area contributed by atoms with Gasteiger partial charge in [0, 0.05) is 35.1 Å². The molecule has 3 rings (SSSR count). The number of amides is 1. The summed E-state index contributed by atoms with van der Waals surface area (Å²) in [6.45, 7) is 3.69. The van der Waals surface area contributed by atoms with Crippen molar-refractivity contribution in [3.8, 4) is 0 Å². The first kappa shape index (κ1) is 17.7. The number of carbonyl (C=O) groups excluding carboxylic acids is 1. The van der Waals surface area contributed by atoms with Crippen LogP contribution in [-0.2, 0) is 0 Å². The Morgan fingerprint density at radius 3 is 2.44 bits per heavy atom. The quantitative estimate of drug-likeness (QED) is 0.766. The molecule has 1 amide bonds. The second kappa shape index (κ2) is 7.85. The molecule has 1 fully saturated rings. The maximum absolute atomic E-state index is 12.3. The highest BCUT2D eigenvalue weighted by atomic mass is 35.5. The maximum atomic E-state index is 12.3. The Kier molecular flexibility index (Phi) is 5.56. The van der Waals surface area contributed by atoms with Crippen LogP contribution in [0, 0.1) is 6.92 Å². The van der Waals surface area contributed by atoms with Gasteiger partial charge < -0.3 is 15.5 Å². The molecular weight excluding hydrogens is 354 g/mol. The molecule has 0 spiro atoms. The van der Waals surface area contributed by atoms with E-state index in [2.05, 4.69) is 10.6 Å². The Labute approximate surface area is 158 Å². The Hall–Kier alpha value is -2.11. The second-order valence-corrected chi connectivity index (χ2v) is 6.96. The van der Waals surface area contributed by atoms with Gasteiger partial charge in [0.2, 0.25) is 0 Å². The fourth-order valence-corrected chi connectivity index (χ4v) is 3.21. The van der Waals surface area contributed by atoms with Crippen molar-refractivity contribution in [3.63, 3.8) is 0 Å². The zero-order valence-corrected chi connectivity index (χ0v) is 15.6. The summed E-state index contributed by atoms with van der Waals surface area (Å²) in [5.41, 5.74) is 3.46. The van der Waals surface area contributed by atoms with Gasteiger partial charge in [-0.3, -0.25) is 4.79 Å². The van der Waals surface area contributed by atoms with E-state index >= 15 is 0 Å². The van der Waals surface area contributed by atoms with Crippen molar-refractivity contribution in [1.82, 2.24) is 4.90 Å². The molecule has 0 bridgehead atoms. The van der Waals surface area contributed by atoms with Gasteiger partial charge >= 0.3 is 0 Å². The molecule has 2 aromatic rings. The van der Waals surface area contributed by atoms with Gasteiger partial charge in [0.05, 0.1) is 0 Å². The van der Waals surface area contributed by atoms with Crippen LogP contribution in [0.25, 0.3) is 0 Å². The number of aryl methyl sites for hydroxylation is 1. The van der Waals surface area contributed by atoms with Crippen molar-refractivity contribution < 1.29 is 4.79 Å². The lowest BCUT2D eigenvalue weighted by Gasteiger charge is -2.16. The average Bonchev–Trinajstić information content (AvgIpc) is 3.13. The summed E-state index contributed by atoms with van der Waals surface area (Å²) >= 11 is 11.4. The molecule has 2 aromatic carbocycles. The van der Waals surface area contributed by atoms with E-state index in [1.807, 2.05) is 54.3 Å². The van der Waals surface area contributed by atoms with Gasteiger partial charge in [0.25, 0.3) is 5.91 Å². The first-order valence-corrected chi connectivity index (χ1v) is 9.05. The van der Waals surface area contributed by atoms with Crippen molar-refractivity contribution in [2.24, 2.45) is 0 Å². The van der Waals surface area contributed by atoms with E-state index in [1.54, 1.807) is 0 Å². The Morgan fingerprint density at radius 1 is 1.08 bits per heavy atom. The molecule has 2 N–H and O–H groups in total. The normalized spacial score (nSPS) is 13.6. The van der Waals surface area contributed by atoms with Gasteiger partial charge in [-0.15, -0.1) is 0 Å². The molecule has 1 heterocycles. The molecule has 1 saturated heterocycles. The van der Waals surface area contributed by atoms with E-state index in [0.717, 1.165) is 42.9 Å². The molecule has 6 heteroatoms. The predicted molar refractivity (Wildman–Crippen MR) is 108 cm³/mol. The fourth-order valence-electron chi connectivity index (χ4n) is 2.81. The van der Waals surface area contributed by atoms with Crippen molar-refractivity contribution in [3.05, 3.63) is 58.6 Å². The molecule has 1 aliphatic rings. The number of rotatable bonds is 3. The van der Waals surface area contributed by atoms with Crippen LogP contribution >= 0.6 is 23.8 Å². The summed E-state index contributed by atoms with van der Waals surface area (Å²) in [5, 5.41) is 7.40. The van der Waals surface area contributed by atoms with Crippen LogP contribution in [0.1, 0.15) is 28.8 Å². The fraction of sp³-hybridized carbons (Fsp3) is 0.263. The number of hydrogen-bond donors (Lipinski definition) is 2. The Balaban J connectivity index is 1.61. The van der Waals surface area contributed by atoms with Crippen molar-refractivity contribution in [2.45, 2.75) is 19.8 Å². The van der Waals surface area contributed by atoms with E-state index in [9.17, 15) is 4.79 Å². The highest BCUT2D eigenvalue weighted by molar-refractivity contribution is 7.80. The topological polar surface area (TPSA) is 44.4 Å². The SMILES string of the molecule is Cc1ccc(Cl)cc1NC(=S)Nc1ccc(C(=O)N2CCCC2)cc1. The van der Waals surface area contributed by atoms with Gasteiger partial charge in [-0.05, 0) is 73.9 Å². The minimum absolute atomic E-state index is 0.0966. The highest BCUT2D eigenvalue weighted by Gasteiger charge is 2.19. The zero-order valence-electron chi connectivity index (χ0n) is 14.0. The second-order valence-electron chi connectivity index (χ2n) is 6.12. The predicted octanol–water partition coefficient (Wildman–Crippen LogP) is 4.69. The van der Waals surface area contributed by atoms with E-state index in [0.29, 0.717) is 15.7 Å². The third-order valence-electron chi connectivity index (χ3n) is 4.23. The van der Waals surface area contributed by atoms with Gasteiger partial charge in [-0.25, -0.2) is 0 Å². The summed E-state index contributed by atoms with van der Waals surface area (Å²) in [4.78, 5) is 14.2. The summed E-state index contributed by atoms with van der Waals surface area (Å²) in [5.74, 6) is 0.0966. The van der Waals surface area contributed by atoms with Crippen molar-refractivity contribution >= 4 is 46.2 Å². The average molecular weight is 374 g/mol. The van der Waals surface area contributed by atoms with E-state index < -0.39 is 0 Å². The number of carbonyl (C=O) groups is 1. The van der Waals surface area contributed by atoms with Gasteiger partial charge in [0.15, 0.2) is 5.11 Å². The van der Waals surface area contributed by atoms with E-state index in [-0.39, 0.29) is 5.91 Å². The van der Waals surface area contributed by atoms with Gasteiger partial charge in [0.1, 0.15) is 0 Å². The van der Waals surface area contributed by atoms with Crippen molar-refractivity contribution in [1.29, 1.82) is 0 Å². The smallest absolute Gasteiger partial charge is 0.253 e. The largest absolute Gasteiger partial charge is 0.339 e. The number of nitrogens with one attached hydrogen (secondary N) is 2. The number of anilines is 2. The van der Waals surface area contributed by atoms with Crippen LogP contribution in [0.3, 0.4) is 0 Å². The first-order chi connectivity index (χ1) is 12.0. The minimum atomic E-state index is 0.0966. The molecule has 130 valence electrons. The summed E-state index contributed by atoms with van der Waals surface area (Å²) in [6, 6.07) is 13.0. The number of benzene rings is 2. The summed E-state index contributed by atoms with van der Waals surface area (Å²) < 4.78 is 0. The van der Waals surface area contributed by atoms with Crippen LogP contribution in [0.15, 0.2) is 42.5 Å². The van der Waals surface area contributed by atoms with E-state index in [1.165, 1.54) is 0 Å². The molecule has 0 radical (unpaired) electrons. The lowest BCUT2D eigenvalue weighted by molar-refractivity contribution is 0.0793. The lowest BCUT2D eigenvalue weighted by Crippen LogP contribution is -2.27. The molecular formula is C19H20ClN3OS. The molecule has 0 aromatic heterocycles. The number of halogens is 1. The maximum Gasteiger partial charge on any atom is 0.253 e. The van der Waals surface area contributed by atoms with Crippen LogP contribution in [0.5, 0.6) is 0 Å². The zero-order chi connectivity index (χ0) is 17.8. The number of likely N-dealkylation sites (tertiary alicyclic amines) is 1. The van der Waals surface area contributed by atoms with Gasteiger partial charge in [-0.2, -0.15) is 0 Å². The van der Waals surface area contributed by atoms with Crippen molar-refractivity contribution in [2.75, 3.05) is 23.7 Å². The Morgan fingerprint density at radius 2 is 1.76 bits per heavy atom. The third-order valence-corrected chi connectivity index (χ3v) is 4.67. The Bertz CT molecular complexity index is 786. The third kappa shape index (κ3) is 4.50. The highest BCUT2D eigenvalue weighted by Crippen LogP contribution is 2.21. The molecule has 25 heavy (non-hydrogen) atoms. The van der Waals surface area contributed by atoms with Gasteiger partial charge in [-0.1, -0.05) is 17.7 Å². The summed E-state index contributed by atoms with van der Waals surface area (Å²) in [7, 11) is 0. The first-order valence-electron chi connectivity index (χ1n) is 8.26. The molecule has 0 atom stereocenters. The summed E-state index contributed by atoms with van der Waals surface area (Å²) in [6.07, 6.45) is 2.18.